The van der Waals surface area contributed by atoms with Crippen LogP contribution in [0.2, 0.25) is 0 Å². The zero-order valence-corrected chi connectivity index (χ0v) is 19.2. The molecule has 0 saturated carbocycles. The first-order valence-electron chi connectivity index (χ1n) is 11.4. The molecule has 2 aromatic rings. The molecule has 4 rings (SSSR count). The van der Waals surface area contributed by atoms with E-state index in [1.54, 1.807) is 0 Å². The monoisotopic (exact) mass is 400 g/mol. The van der Waals surface area contributed by atoms with E-state index in [2.05, 4.69) is 99.2 Å². The van der Waals surface area contributed by atoms with Crippen molar-refractivity contribution >= 4 is 11.4 Å². The van der Waals surface area contributed by atoms with E-state index in [1.807, 2.05) is 0 Å². The van der Waals surface area contributed by atoms with Crippen LogP contribution in [0.25, 0.3) is 0 Å². The minimum absolute atomic E-state index is 0.0346. The van der Waals surface area contributed by atoms with Gasteiger partial charge in [0.25, 0.3) is 0 Å². The Labute approximate surface area is 182 Å². The third-order valence-corrected chi connectivity index (χ3v) is 7.34. The second-order valence-electron chi connectivity index (χ2n) is 9.90. The number of fused-ring (bicyclic) bond motifs is 2. The van der Waals surface area contributed by atoms with Crippen molar-refractivity contribution in [3.63, 3.8) is 0 Å². The van der Waals surface area contributed by atoms with E-state index in [4.69, 9.17) is 0 Å². The second-order valence-corrected chi connectivity index (χ2v) is 9.90. The number of hydrogen-bond acceptors (Lipinski definition) is 2. The molecule has 2 aromatic carbocycles. The molecular formula is C28H36N2. The molecule has 0 bridgehead atoms. The third kappa shape index (κ3) is 3.27. The highest BCUT2D eigenvalue weighted by molar-refractivity contribution is 5.70. The Morgan fingerprint density at radius 2 is 0.967 bits per heavy atom. The molecule has 2 aliphatic rings. The number of nitrogens with zero attached hydrogens (tertiary/aromatic N) is 2. The van der Waals surface area contributed by atoms with Gasteiger partial charge in [-0.25, -0.2) is 0 Å². The van der Waals surface area contributed by atoms with Crippen LogP contribution in [-0.2, 0) is 10.8 Å². The molecule has 0 spiro atoms. The zero-order chi connectivity index (χ0) is 21.5. The summed E-state index contributed by atoms with van der Waals surface area (Å²) in [4.78, 5) is 4.88. The van der Waals surface area contributed by atoms with E-state index in [9.17, 15) is 0 Å². The summed E-state index contributed by atoms with van der Waals surface area (Å²) in [6.45, 7) is 20.1. The van der Waals surface area contributed by atoms with E-state index < -0.39 is 0 Å². The Morgan fingerprint density at radius 3 is 1.37 bits per heavy atom. The van der Waals surface area contributed by atoms with Gasteiger partial charge in [0, 0.05) is 46.7 Å². The number of anilines is 2. The molecule has 0 fully saturated rings. The van der Waals surface area contributed by atoms with Crippen LogP contribution in [0.5, 0.6) is 0 Å². The first-order chi connectivity index (χ1) is 14.3. The van der Waals surface area contributed by atoms with Gasteiger partial charge in [-0.15, -0.1) is 0 Å². The second kappa shape index (κ2) is 7.65. The molecular weight excluding hydrogens is 364 g/mol. The van der Waals surface area contributed by atoms with E-state index in [0.717, 1.165) is 13.1 Å². The highest BCUT2D eigenvalue weighted by Gasteiger charge is 2.39. The van der Waals surface area contributed by atoms with E-state index in [-0.39, 0.29) is 10.8 Å². The Bertz CT molecular complexity index is 887. The summed E-state index contributed by atoms with van der Waals surface area (Å²) in [5.41, 5.74) is 8.04. The molecule has 0 atom stereocenters. The third-order valence-electron chi connectivity index (χ3n) is 7.34. The van der Waals surface area contributed by atoms with Crippen LogP contribution in [0.4, 0.5) is 11.4 Å². The van der Waals surface area contributed by atoms with Gasteiger partial charge in [-0.1, -0.05) is 90.1 Å². The van der Waals surface area contributed by atoms with Crippen molar-refractivity contribution in [2.75, 3.05) is 22.9 Å². The van der Waals surface area contributed by atoms with Crippen LogP contribution in [0, 0.1) is 0 Å². The summed E-state index contributed by atoms with van der Waals surface area (Å²) in [7, 11) is 0. The fraction of sp³-hybridized carbons (Fsp3) is 0.429. The van der Waals surface area contributed by atoms with Crippen LogP contribution in [-0.4, -0.2) is 13.1 Å². The van der Waals surface area contributed by atoms with Gasteiger partial charge in [-0.2, -0.15) is 0 Å². The molecule has 2 nitrogen and oxygen atoms in total. The summed E-state index contributed by atoms with van der Waals surface area (Å²) in [5.74, 6) is 0. The van der Waals surface area contributed by atoms with Crippen molar-refractivity contribution < 1.29 is 0 Å². The smallest absolute Gasteiger partial charge is 0.0450 e. The topological polar surface area (TPSA) is 6.48 Å². The summed E-state index contributed by atoms with van der Waals surface area (Å²) in [6, 6.07) is 17.6. The number of allylic oxidation sites excluding steroid dienone is 2. The molecule has 0 aliphatic carbocycles. The van der Waals surface area contributed by atoms with Gasteiger partial charge in [-0.05, 0) is 36.1 Å². The summed E-state index contributed by atoms with van der Waals surface area (Å²) >= 11 is 0. The van der Waals surface area contributed by atoms with Gasteiger partial charge >= 0.3 is 0 Å². The molecule has 2 heteroatoms. The number of benzene rings is 2. The number of rotatable bonds is 7. The number of para-hydroxylation sites is 2. The van der Waals surface area contributed by atoms with Crippen LogP contribution in [0.15, 0.2) is 73.1 Å². The highest BCUT2D eigenvalue weighted by atomic mass is 15.2. The molecule has 2 heterocycles. The Hall–Kier alpha value is -2.48. The van der Waals surface area contributed by atoms with Crippen LogP contribution >= 0.6 is 0 Å². The molecule has 2 aliphatic heterocycles. The van der Waals surface area contributed by atoms with E-state index in [0.29, 0.717) is 0 Å². The van der Waals surface area contributed by atoms with Gasteiger partial charge < -0.3 is 9.80 Å². The summed E-state index contributed by atoms with van der Waals surface area (Å²) in [5, 5.41) is 0. The van der Waals surface area contributed by atoms with E-state index >= 15 is 0 Å². The average molecular weight is 401 g/mol. The maximum atomic E-state index is 4.42. The molecule has 0 N–H and O–H groups in total. The van der Waals surface area contributed by atoms with Crippen molar-refractivity contribution in [1.82, 2.24) is 0 Å². The maximum absolute atomic E-state index is 4.42. The maximum Gasteiger partial charge on any atom is 0.0450 e. The first-order valence-corrected chi connectivity index (χ1v) is 11.4. The van der Waals surface area contributed by atoms with Crippen molar-refractivity contribution in [3.8, 4) is 0 Å². The highest BCUT2D eigenvalue weighted by Crippen LogP contribution is 2.47. The molecule has 30 heavy (non-hydrogen) atoms. The van der Waals surface area contributed by atoms with Crippen molar-refractivity contribution in [3.05, 3.63) is 84.2 Å². The molecule has 0 aromatic heterocycles. The molecule has 0 unspecified atom stereocenters. The minimum Gasteiger partial charge on any atom is -0.345 e. The number of unbranched alkanes of at least 4 members (excludes halogenated alkanes) is 3. The van der Waals surface area contributed by atoms with Crippen molar-refractivity contribution in [2.45, 2.75) is 64.2 Å². The normalized spacial score (nSPS) is 18.7. The van der Waals surface area contributed by atoms with Crippen LogP contribution in [0.1, 0.15) is 64.5 Å². The zero-order valence-electron chi connectivity index (χ0n) is 19.2. The van der Waals surface area contributed by atoms with Crippen LogP contribution < -0.4 is 9.80 Å². The first kappa shape index (κ1) is 20.8. The summed E-state index contributed by atoms with van der Waals surface area (Å²) < 4.78 is 0. The molecule has 158 valence electrons. The predicted molar refractivity (Wildman–Crippen MR) is 130 cm³/mol. The van der Waals surface area contributed by atoms with Crippen LogP contribution in [0.3, 0.4) is 0 Å². The van der Waals surface area contributed by atoms with Crippen molar-refractivity contribution in [1.29, 1.82) is 0 Å². The van der Waals surface area contributed by atoms with Gasteiger partial charge in [0.05, 0.1) is 0 Å². The lowest BCUT2D eigenvalue weighted by atomic mass is 9.84. The number of hydrogen-bond donors (Lipinski definition) is 0. The minimum atomic E-state index is 0.0346. The average Bonchev–Trinajstić information content (AvgIpc) is 3.05. The quantitative estimate of drug-likeness (QED) is 0.455. The lowest BCUT2D eigenvalue weighted by Gasteiger charge is -2.26. The largest absolute Gasteiger partial charge is 0.345 e. The Morgan fingerprint density at radius 1 is 0.600 bits per heavy atom. The summed E-state index contributed by atoms with van der Waals surface area (Å²) in [6.07, 6.45) is 4.90. The fourth-order valence-corrected chi connectivity index (χ4v) is 5.16. The van der Waals surface area contributed by atoms with Crippen molar-refractivity contribution in [2.24, 2.45) is 0 Å². The van der Waals surface area contributed by atoms with Gasteiger partial charge in [0.15, 0.2) is 0 Å². The fourth-order valence-electron chi connectivity index (χ4n) is 5.16. The Balaban J connectivity index is 1.28. The van der Waals surface area contributed by atoms with Gasteiger partial charge in [-0.3, -0.25) is 0 Å². The van der Waals surface area contributed by atoms with Gasteiger partial charge in [0.1, 0.15) is 0 Å². The standard InChI is InChI=1S/C28H36N2/c1-21-27(3,4)23-15-9-11-17-25(23)29(21)19-13-7-8-14-20-30-22(2)28(5,6)24-16-10-12-18-26(24)30/h9-12,15-18H,1-2,7-8,13-14,19-20H2,3-6H3. The SMILES string of the molecule is C=C1N(CCCCCCN2C(=C)C(C)(C)c3ccccc32)c2ccccc2C1(C)C. The lowest BCUT2D eigenvalue weighted by Crippen LogP contribution is -2.26. The molecule has 0 amide bonds. The predicted octanol–water partition coefficient (Wildman–Crippen LogP) is 7.17. The Kier molecular flexibility index (Phi) is 5.30. The molecule has 0 radical (unpaired) electrons. The van der Waals surface area contributed by atoms with Gasteiger partial charge in [0.2, 0.25) is 0 Å². The lowest BCUT2D eigenvalue weighted by molar-refractivity contribution is 0.597. The molecule has 0 saturated heterocycles. The van der Waals surface area contributed by atoms with E-state index in [1.165, 1.54) is 59.6 Å².